The van der Waals surface area contributed by atoms with Crippen molar-refractivity contribution >= 4 is 16.6 Å². The van der Waals surface area contributed by atoms with Crippen molar-refractivity contribution in [3.05, 3.63) is 100 Å². The number of H-pyrrole nitrogens is 1. The van der Waals surface area contributed by atoms with E-state index in [2.05, 4.69) is 93.5 Å². The molecule has 10 rings (SSSR count). The van der Waals surface area contributed by atoms with Crippen molar-refractivity contribution in [1.82, 2.24) is 14.8 Å². The van der Waals surface area contributed by atoms with Gasteiger partial charge >= 0.3 is 0 Å². The van der Waals surface area contributed by atoms with Crippen molar-refractivity contribution in [1.29, 1.82) is 0 Å². The largest absolute Gasteiger partial charge is 0.392 e. The van der Waals surface area contributed by atoms with Crippen molar-refractivity contribution in [3.8, 4) is 0 Å². The monoisotopic (exact) mass is 586 g/mol. The highest BCUT2D eigenvalue weighted by Crippen LogP contribution is 2.66. The highest BCUT2D eigenvalue weighted by molar-refractivity contribution is 5.85. The summed E-state index contributed by atoms with van der Waals surface area (Å²) in [4.78, 5) is 11.8. The molecular weight excluding hydrogens is 544 g/mol. The van der Waals surface area contributed by atoms with Crippen LogP contribution in [0.3, 0.4) is 0 Å². The minimum atomic E-state index is -0.500. The standard InChI is InChI=1S/C38H42N4O2/c1-2-22-19-40-14-11-25-24-7-3-5-9-30(24)39-35(25)32(40)17-26(22)28-21-42-31-10-6-4-8-29(31)38-13-15-41-20-23(12-16-43)27(18-33(38)41)34(36(28)44)37(38)42/h2-10,12,21,26-27,32-34,36-37,39,43-44H,11,13-20H2,1H3/b22-2-,23-12-/t26-,27+,32+,33+,34+,36-,37+,38-/m1/s1. The molecule has 0 amide bonds. The van der Waals surface area contributed by atoms with E-state index in [1.54, 1.807) is 0 Å². The van der Waals surface area contributed by atoms with Crippen LogP contribution >= 0.6 is 0 Å². The van der Waals surface area contributed by atoms with Gasteiger partial charge in [0, 0.05) is 71.4 Å². The predicted molar refractivity (Wildman–Crippen MR) is 173 cm³/mol. The zero-order valence-corrected chi connectivity index (χ0v) is 25.5. The lowest BCUT2D eigenvalue weighted by atomic mass is 9.52. The number of aromatic amines is 1. The van der Waals surface area contributed by atoms with Gasteiger partial charge in [-0.05, 0) is 73.9 Å². The minimum absolute atomic E-state index is 0.0565. The van der Waals surface area contributed by atoms with Gasteiger partial charge in [-0.25, -0.2) is 0 Å². The van der Waals surface area contributed by atoms with Gasteiger partial charge in [-0.15, -0.1) is 0 Å². The van der Waals surface area contributed by atoms with Gasteiger partial charge in [-0.2, -0.15) is 0 Å². The van der Waals surface area contributed by atoms with Gasteiger partial charge in [-0.1, -0.05) is 59.7 Å². The van der Waals surface area contributed by atoms with Crippen molar-refractivity contribution in [2.45, 2.75) is 62.3 Å². The number of fused-ring (bicyclic) bond motifs is 9. The van der Waals surface area contributed by atoms with Crippen molar-refractivity contribution in [2.75, 3.05) is 37.7 Å². The van der Waals surface area contributed by atoms with E-state index in [0.717, 1.165) is 51.9 Å². The molecule has 1 saturated carbocycles. The third-order valence-electron chi connectivity index (χ3n) is 13.2. The molecule has 0 radical (unpaired) electrons. The Hall–Kier alpha value is -3.16. The van der Waals surface area contributed by atoms with Gasteiger partial charge in [-0.3, -0.25) is 9.80 Å². The molecule has 3 N–H and O–H groups in total. The van der Waals surface area contributed by atoms with E-state index in [9.17, 15) is 10.2 Å². The summed E-state index contributed by atoms with van der Waals surface area (Å²) in [6.45, 7) is 6.32. The number of piperidine rings is 2. The fourth-order valence-electron chi connectivity index (χ4n) is 11.5. The van der Waals surface area contributed by atoms with Crippen LogP contribution in [0.2, 0.25) is 0 Å². The number of benzene rings is 2. The molecule has 1 aliphatic carbocycles. The summed E-state index contributed by atoms with van der Waals surface area (Å²) in [6.07, 6.45) is 10.6. The predicted octanol–water partition coefficient (Wildman–Crippen LogP) is 5.06. The Bertz CT molecular complexity index is 1790. The second-order valence-corrected chi connectivity index (χ2v) is 14.6. The van der Waals surface area contributed by atoms with E-state index in [4.69, 9.17) is 0 Å². The van der Waals surface area contributed by atoms with Crippen LogP contribution in [0.25, 0.3) is 10.9 Å². The van der Waals surface area contributed by atoms with Crippen molar-refractivity contribution in [3.63, 3.8) is 0 Å². The molecule has 7 aliphatic rings. The molecule has 2 bridgehead atoms. The van der Waals surface area contributed by atoms with Gasteiger partial charge in [0.2, 0.25) is 0 Å². The van der Waals surface area contributed by atoms with Crippen LogP contribution in [0.5, 0.6) is 0 Å². The normalized spacial score (nSPS) is 38.9. The number of rotatable bonds is 2. The number of aliphatic hydroxyl groups is 2. The first kappa shape index (κ1) is 26.1. The molecule has 6 aliphatic heterocycles. The summed E-state index contributed by atoms with van der Waals surface area (Å²) in [5.74, 6) is 0.604. The molecule has 226 valence electrons. The van der Waals surface area contributed by atoms with E-state index in [1.807, 2.05) is 0 Å². The van der Waals surface area contributed by atoms with Crippen molar-refractivity contribution in [2.24, 2.45) is 17.8 Å². The lowest BCUT2D eigenvalue weighted by molar-refractivity contribution is -0.0150. The Morgan fingerprint density at radius 1 is 1.00 bits per heavy atom. The quantitative estimate of drug-likeness (QED) is 0.367. The highest BCUT2D eigenvalue weighted by Gasteiger charge is 2.69. The van der Waals surface area contributed by atoms with Gasteiger partial charge in [0.15, 0.2) is 0 Å². The average Bonchev–Trinajstić information content (AvgIpc) is 3.73. The second-order valence-electron chi connectivity index (χ2n) is 14.6. The summed E-state index contributed by atoms with van der Waals surface area (Å²) in [6, 6.07) is 19.0. The Morgan fingerprint density at radius 3 is 2.73 bits per heavy atom. The molecule has 1 spiro atoms. The molecule has 4 fully saturated rings. The van der Waals surface area contributed by atoms with Crippen LogP contribution in [0.4, 0.5) is 5.69 Å². The number of anilines is 1. The van der Waals surface area contributed by atoms with Crippen LogP contribution in [-0.2, 0) is 11.8 Å². The molecule has 6 nitrogen and oxygen atoms in total. The number of allylic oxidation sites excluding steroid dienone is 1. The third kappa shape index (κ3) is 3.15. The molecule has 3 aromatic rings. The Labute approximate surface area is 259 Å². The molecule has 7 heterocycles. The van der Waals surface area contributed by atoms with Gasteiger partial charge in [0.25, 0.3) is 0 Å². The highest BCUT2D eigenvalue weighted by atomic mass is 16.3. The maximum Gasteiger partial charge on any atom is 0.0827 e. The summed E-state index contributed by atoms with van der Waals surface area (Å²) in [7, 11) is 0. The lowest BCUT2D eigenvalue weighted by Crippen LogP contribution is -2.67. The van der Waals surface area contributed by atoms with E-state index < -0.39 is 6.10 Å². The van der Waals surface area contributed by atoms with E-state index in [0.29, 0.717) is 18.0 Å². The molecule has 3 saturated heterocycles. The molecule has 6 heteroatoms. The minimum Gasteiger partial charge on any atom is -0.392 e. The molecular formula is C38H42N4O2. The summed E-state index contributed by atoms with van der Waals surface area (Å²) in [5, 5.41) is 24.2. The zero-order valence-electron chi connectivity index (χ0n) is 25.5. The van der Waals surface area contributed by atoms with E-state index in [-0.39, 0.29) is 29.9 Å². The number of nitrogens with one attached hydrogen (secondary N) is 1. The summed E-state index contributed by atoms with van der Waals surface area (Å²) < 4.78 is 0. The molecule has 0 unspecified atom stereocenters. The smallest absolute Gasteiger partial charge is 0.0827 e. The van der Waals surface area contributed by atoms with Crippen molar-refractivity contribution < 1.29 is 10.2 Å². The van der Waals surface area contributed by atoms with Crippen LogP contribution in [-0.4, -0.2) is 76.0 Å². The fourth-order valence-corrected chi connectivity index (χ4v) is 11.5. The zero-order chi connectivity index (χ0) is 29.3. The van der Waals surface area contributed by atoms with Gasteiger partial charge < -0.3 is 20.1 Å². The van der Waals surface area contributed by atoms with Crippen LogP contribution in [0.1, 0.15) is 49.0 Å². The topological polar surface area (TPSA) is 66.0 Å². The molecule has 1 aromatic heterocycles. The number of nitrogens with zero attached hydrogens (tertiary/aromatic N) is 3. The number of para-hydroxylation sites is 2. The lowest BCUT2D eigenvalue weighted by Gasteiger charge is -2.59. The summed E-state index contributed by atoms with van der Waals surface area (Å²) >= 11 is 0. The van der Waals surface area contributed by atoms with E-state index in [1.165, 1.54) is 50.1 Å². The first-order chi connectivity index (χ1) is 21.6. The number of aromatic nitrogens is 1. The molecule has 8 atom stereocenters. The van der Waals surface area contributed by atoms with Gasteiger partial charge in [0.1, 0.15) is 0 Å². The van der Waals surface area contributed by atoms with Crippen LogP contribution in [0.15, 0.2) is 83.6 Å². The van der Waals surface area contributed by atoms with Crippen LogP contribution in [0, 0.1) is 17.8 Å². The second kappa shape index (κ2) is 9.20. The first-order valence-corrected chi connectivity index (χ1v) is 16.9. The number of aliphatic hydroxyl groups excluding tert-OH is 2. The molecule has 44 heavy (non-hydrogen) atoms. The Balaban J connectivity index is 1.12. The SMILES string of the molecule is C/C=C1/CN2CCc3c([nH]c4ccccc34)[C@@H]2C[C@H]1C1=CN2c3ccccc3[C@]34CCN5C/C(=C/CO)[C@H](C[C@H]53)[C@@H]([C@@H]1O)[C@H]24. The Kier molecular flexibility index (Phi) is 5.45. The molecule has 2 aromatic carbocycles. The maximum atomic E-state index is 12.8. The number of hydrogen-bond donors (Lipinski definition) is 3. The van der Waals surface area contributed by atoms with Gasteiger partial charge in [0.05, 0.1) is 24.8 Å². The maximum absolute atomic E-state index is 12.8. The number of hydrogen-bond acceptors (Lipinski definition) is 5. The average molecular weight is 587 g/mol. The summed E-state index contributed by atoms with van der Waals surface area (Å²) in [5.41, 5.74) is 11.0. The Morgan fingerprint density at radius 2 is 1.84 bits per heavy atom. The van der Waals surface area contributed by atoms with E-state index >= 15 is 0 Å². The fraction of sp³-hybridized carbons (Fsp3) is 0.474. The third-order valence-corrected chi connectivity index (χ3v) is 13.2. The van der Waals surface area contributed by atoms with Crippen LogP contribution < -0.4 is 4.90 Å². The first-order valence-electron chi connectivity index (χ1n) is 16.9.